The van der Waals surface area contributed by atoms with Crippen molar-refractivity contribution in [2.75, 3.05) is 0 Å². The van der Waals surface area contributed by atoms with Crippen molar-refractivity contribution >= 4 is 0 Å². The zero-order valence-corrected chi connectivity index (χ0v) is 24.6. The van der Waals surface area contributed by atoms with Gasteiger partial charge in [0.1, 0.15) is 0 Å². The van der Waals surface area contributed by atoms with Gasteiger partial charge in [0.25, 0.3) is 0 Å². The highest BCUT2D eigenvalue weighted by Crippen LogP contribution is 2.62. The van der Waals surface area contributed by atoms with Crippen LogP contribution in [0.25, 0.3) is 44.9 Å². The number of fused-ring (bicyclic) bond motifs is 13. The molecule has 7 aromatic rings. The predicted octanol–water partition coefficient (Wildman–Crippen LogP) is 9.84. The maximum absolute atomic E-state index is 5.31. The van der Waals surface area contributed by atoms with Crippen LogP contribution in [-0.2, 0) is 11.8 Å². The third kappa shape index (κ3) is 3.29. The molecule has 45 heavy (non-hydrogen) atoms. The predicted molar refractivity (Wildman–Crippen MR) is 181 cm³/mol. The van der Waals surface area contributed by atoms with Crippen LogP contribution in [0.15, 0.2) is 152 Å². The number of nitrogens with zero attached hydrogens (tertiary/aromatic N) is 2. The third-order valence-electron chi connectivity index (χ3n) is 10.3. The van der Waals surface area contributed by atoms with E-state index in [9.17, 15) is 0 Å². The second-order valence-corrected chi connectivity index (χ2v) is 12.5. The molecule has 0 amide bonds. The number of hydrogen-bond acceptors (Lipinski definition) is 2. The van der Waals surface area contributed by atoms with Crippen LogP contribution in [0.5, 0.6) is 0 Å². The fraction of sp³-hybridized carbons (Fsp3) is 0.0698. The van der Waals surface area contributed by atoms with Crippen LogP contribution in [0.4, 0.5) is 0 Å². The molecular weight excluding hydrogens is 544 g/mol. The Morgan fingerprint density at radius 3 is 1.73 bits per heavy atom. The van der Waals surface area contributed by atoms with E-state index in [4.69, 9.17) is 9.97 Å². The molecule has 0 radical (unpaired) electrons. The molecule has 3 aliphatic carbocycles. The molecule has 0 atom stereocenters. The molecule has 2 nitrogen and oxygen atoms in total. The van der Waals surface area contributed by atoms with E-state index in [1.807, 2.05) is 6.07 Å². The van der Waals surface area contributed by atoms with E-state index in [0.29, 0.717) is 5.92 Å². The van der Waals surface area contributed by atoms with Crippen molar-refractivity contribution in [3.8, 4) is 44.9 Å². The highest BCUT2D eigenvalue weighted by Gasteiger charge is 2.52. The molecule has 3 aliphatic rings. The Kier molecular flexibility index (Phi) is 5.07. The van der Waals surface area contributed by atoms with Gasteiger partial charge < -0.3 is 0 Å². The molecular formula is C43H28N2. The molecule has 1 spiro atoms. The molecule has 0 N–H and O–H groups in total. The molecule has 0 unspecified atom stereocenters. The molecule has 0 bridgehead atoms. The lowest BCUT2D eigenvalue weighted by molar-refractivity contribution is 0.776. The Hall–Kier alpha value is -5.60. The van der Waals surface area contributed by atoms with E-state index in [1.54, 1.807) is 0 Å². The summed E-state index contributed by atoms with van der Waals surface area (Å²) in [7, 11) is 0. The lowest BCUT2D eigenvalue weighted by atomic mass is 9.70. The summed E-state index contributed by atoms with van der Waals surface area (Å²) in [5.41, 5.74) is 17.4. The van der Waals surface area contributed by atoms with Crippen molar-refractivity contribution in [1.29, 1.82) is 0 Å². The quantitative estimate of drug-likeness (QED) is 0.211. The molecule has 0 aliphatic heterocycles. The van der Waals surface area contributed by atoms with Crippen molar-refractivity contribution in [2.45, 2.75) is 17.8 Å². The van der Waals surface area contributed by atoms with Gasteiger partial charge in [0.2, 0.25) is 0 Å². The summed E-state index contributed by atoms with van der Waals surface area (Å²) in [6, 6.07) is 53.2. The maximum atomic E-state index is 5.31. The summed E-state index contributed by atoms with van der Waals surface area (Å²) in [5, 5.41) is 0. The highest BCUT2D eigenvalue weighted by atomic mass is 14.9. The Labute approximate surface area is 262 Å². The van der Waals surface area contributed by atoms with Crippen LogP contribution in [0.1, 0.15) is 44.9 Å². The van der Waals surface area contributed by atoms with E-state index in [0.717, 1.165) is 23.5 Å². The minimum absolute atomic E-state index is 0.322. The second-order valence-electron chi connectivity index (χ2n) is 12.5. The van der Waals surface area contributed by atoms with Crippen molar-refractivity contribution < 1.29 is 0 Å². The first-order valence-corrected chi connectivity index (χ1v) is 15.8. The SMILES string of the molecule is c1ccc(-c2ncc3c(n2)-c2ccc(CC4c5ccccc5-c5ccccc54)cc2C32c3ccccc3-c3ccccc32)cc1. The van der Waals surface area contributed by atoms with E-state index in [-0.39, 0.29) is 0 Å². The van der Waals surface area contributed by atoms with Crippen LogP contribution >= 0.6 is 0 Å². The number of hydrogen-bond donors (Lipinski definition) is 0. The minimum atomic E-state index is -0.464. The fourth-order valence-electron chi connectivity index (χ4n) is 8.50. The molecule has 10 rings (SSSR count). The van der Waals surface area contributed by atoms with Crippen LogP contribution in [0.3, 0.4) is 0 Å². The van der Waals surface area contributed by atoms with Gasteiger partial charge in [-0.2, -0.15) is 0 Å². The van der Waals surface area contributed by atoms with Gasteiger partial charge in [0.05, 0.1) is 11.1 Å². The Balaban J connectivity index is 1.21. The van der Waals surface area contributed by atoms with Crippen LogP contribution in [0, 0.1) is 0 Å². The normalized spacial score (nSPS) is 14.4. The van der Waals surface area contributed by atoms with Gasteiger partial charge in [-0.15, -0.1) is 0 Å². The largest absolute Gasteiger partial charge is 0.236 e. The van der Waals surface area contributed by atoms with Gasteiger partial charge in [-0.1, -0.05) is 146 Å². The van der Waals surface area contributed by atoms with E-state index < -0.39 is 5.41 Å². The van der Waals surface area contributed by atoms with Gasteiger partial charge in [0.15, 0.2) is 5.82 Å². The number of benzene rings is 6. The zero-order valence-electron chi connectivity index (χ0n) is 24.6. The van der Waals surface area contributed by atoms with Gasteiger partial charge >= 0.3 is 0 Å². The Morgan fingerprint density at radius 2 is 1.07 bits per heavy atom. The summed E-state index contributed by atoms with van der Waals surface area (Å²) < 4.78 is 0. The van der Waals surface area contributed by atoms with Crippen molar-refractivity contribution in [3.05, 3.63) is 191 Å². The average molecular weight is 573 g/mol. The topological polar surface area (TPSA) is 25.8 Å². The Bertz CT molecular complexity index is 2230. The first-order chi connectivity index (χ1) is 22.3. The summed E-state index contributed by atoms with van der Waals surface area (Å²) in [6.45, 7) is 0. The van der Waals surface area contributed by atoms with Crippen molar-refractivity contribution in [3.63, 3.8) is 0 Å². The molecule has 210 valence electrons. The summed E-state index contributed by atoms with van der Waals surface area (Å²) in [5.74, 6) is 1.09. The summed E-state index contributed by atoms with van der Waals surface area (Å²) in [6.07, 6.45) is 3.05. The first kappa shape index (κ1) is 24.8. The van der Waals surface area contributed by atoms with Gasteiger partial charge in [-0.05, 0) is 62.1 Å². The van der Waals surface area contributed by atoms with E-state index in [1.165, 1.54) is 66.8 Å². The third-order valence-corrected chi connectivity index (χ3v) is 10.3. The van der Waals surface area contributed by atoms with E-state index in [2.05, 4.69) is 146 Å². The Morgan fingerprint density at radius 1 is 0.489 bits per heavy atom. The average Bonchev–Trinajstić information content (AvgIpc) is 3.70. The number of rotatable bonds is 3. The monoisotopic (exact) mass is 572 g/mol. The smallest absolute Gasteiger partial charge is 0.159 e. The number of aromatic nitrogens is 2. The van der Waals surface area contributed by atoms with Crippen LogP contribution in [-0.4, -0.2) is 9.97 Å². The minimum Gasteiger partial charge on any atom is -0.236 e. The fourth-order valence-corrected chi connectivity index (χ4v) is 8.50. The lowest BCUT2D eigenvalue weighted by Gasteiger charge is -2.30. The molecule has 2 heteroatoms. The molecule has 1 heterocycles. The lowest BCUT2D eigenvalue weighted by Crippen LogP contribution is -2.26. The highest BCUT2D eigenvalue weighted by molar-refractivity contribution is 5.94. The standard InChI is InChI=1S/C43H28N2/c1-2-12-28(13-3-1)42-44-26-40-41(45-42)35-23-22-27(24-36-31-16-6-4-14-29(31)30-15-5-7-17-32(30)36)25-39(35)43(40)37-20-10-8-18-33(37)34-19-9-11-21-38(34)43/h1-23,25-26,36H,24H2. The molecule has 6 aromatic carbocycles. The second kappa shape index (κ2) is 9.20. The van der Waals surface area contributed by atoms with Gasteiger partial charge in [0, 0.05) is 28.8 Å². The van der Waals surface area contributed by atoms with Gasteiger partial charge in [-0.3, -0.25) is 0 Å². The molecule has 0 fully saturated rings. The molecule has 1 aromatic heterocycles. The van der Waals surface area contributed by atoms with Crippen molar-refractivity contribution in [1.82, 2.24) is 9.97 Å². The van der Waals surface area contributed by atoms with Gasteiger partial charge in [-0.25, -0.2) is 9.97 Å². The summed E-state index contributed by atoms with van der Waals surface area (Å²) >= 11 is 0. The summed E-state index contributed by atoms with van der Waals surface area (Å²) in [4.78, 5) is 10.3. The first-order valence-electron chi connectivity index (χ1n) is 15.8. The molecule has 0 saturated heterocycles. The van der Waals surface area contributed by atoms with E-state index >= 15 is 0 Å². The zero-order chi connectivity index (χ0) is 29.5. The molecule has 0 saturated carbocycles. The van der Waals surface area contributed by atoms with Crippen LogP contribution < -0.4 is 0 Å². The van der Waals surface area contributed by atoms with Crippen molar-refractivity contribution in [2.24, 2.45) is 0 Å². The maximum Gasteiger partial charge on any atom is 0.159 e. The van der Waals surface area contributed by atoms with Crippen LogP contribution in [0.2, 0.25) is 0 Å².